The summed E-state index contributed by atoms with van der Waals surface area (Å²) in [5.41, 5.74) is 1.19. The molecule has 2 rings (SSSR count). The zero-order valence-electron chi connectivity index (χ0n) is 13.8. The van der Waals surface area contributed by atoms with Crippen molar-refractivity contribution in [1.82, 2.24) is 4.90 Å². The molecule has 7 heteroatoms. The van der Waals surface area contributed by atoms with Crippen molar-refractivity contribution in [2.24, 2.45) is 5.92 Å². The van der Waals surface area contributed by atoms with Gasteiger partial charge in [-0.2, -0.15) is 12.6 Å². The molecule has 1 aliphatic rings. The number of carboxylic acid groups (broad SMARTS) is 1. The SMILES string of the molecule is CSc1ccc(CS[C@H]2CC[C@@H](C(=O)O)N2C(=O)[C@H](C)CS)cc1. The second-order valence-corrected chi connectivity index (χ2v) is 8.29. The van der Waals surface area contributed by atoms with Gasteiger partial charge in [-0.25, -0.2) is 4.79 Å². The number of thiol groups is 1. The summed E-state index contributed by atoms with van der Waals surface area (Å²) in [4.78, 5) is 26.9. The number of benzene rings is 1. The molecule has 1 saturated heterocycles. The quantitative estimate of drug-likeness (QED) is 0.555. The number of likely N-dealkylation sites (tertiary alicyclic amines) is 1. The van der Waals surface area contributed by atoms with Crippen LogP contribution in [-0.4, -0.2) is 45.3 Å². The van der Waals surface area contributed by atoms with Crippen LogP contribution in [0, 0.1) is 5.92 Å². The Kier molecular flexibility index (Phi) is 7.37. The number of carbonyl (C=O) groups is 2. The molecular weight excluding hydrogens is 362 g/mol. The third kappa shape index (κ3) is 4.64. The molecule has 0 aromatic heterocycles. The lowest BCUT2D eigenvalue weighted by Gasteiger charge is -2.30. The summed E-state index contributed by atoms with van der Waals surface area (Å²) in [6.07, 6.45) is 3.28. The van der Waals surface area contributed by atoms with Crippen LogP contribution in [0.3, 0.4) is 0 Å². The highest BCUT2D eigenvalue weighted by Crippen LogP contribution is 2.35. The molecule has 0 aliphatic carbocycles. The minimum Gasteiger partial charge on any atom is -0.480 e. The Morgan fingerprint density at radius 1 is 1.33 bits per heavy atom. The van der Waals surface area contributed by atoms with Gasteiger partial charge in [0.25, 0.3) is 0 Å². The van der Waals surface area contributed by atoms with Crippen molar-refractivity contribution in [3.8, 4) is 0 Å². The third-order valence-electron chi connectivity index (χ3n) is 4.17. The summed E-state index contributed by atoms with van der Waals surface area (Å²) in [5, 5.41) is 9.34. The number of rotatable bonds is 7. The van der Waals surface area contributed by atoms with Gasteiger partial charge in [0.2, 0.25) is 5.91 Å². The van der Waals surface area contributed by atoms with Crippen LogP contribution in [0.1, 0.15) is 25.3 Å². The van der Waals surface area contributed by atoms with Gasteiger partial charge in [0.15, 0.2) is 0 Å². The van der Waals surface area contributed by atoms with Crippen LogP contribution in [0.15, 0.2) is 29.2 Å². The molecule has 4 nitrogen and oxygen atoms in total. The van der Waals surface area contributed by atoms with Gasteiger partial charge in [-0.3, -0.25) is 4.79 Å². The van der Waals surface area contributed by atoms with Gasteiger partial charge in [-0.1, -0.05) is 19.1 Å². The van der Waals surface area contributed by atoms with E-state index in [-0.39, 0.29) is 17.2 Å². The molecule has 132 valence electrons. The zero-order chi connectivity index (χ0) is 17.7. The first-order chi connectivity index (χ1) is 11.5. The van der Waals surface area contributed by atoms with Crippen LogP contribution >= 0.6 is 36.2 Å². The summed E-state index contributed by atoms with van der Waals surface area (Å²) in [7, 11) is 0. The zero-order valence-corrected chi connectivity index (χ0v) is 16.4. The predicted molar refractivity (Wildman–Crippen MR) is 104 cm³/mol. The van der Waals surface area contributed by atoms with Crippen molar-refractivity contribution >= 4 is 48.0 Å². The minimum absolute atomic E-state index is 0.0823. The first-order valence-corrected chi connectivity index (χ1v) is 10.8. The summed E-state index contributed by atoms with van der Waals surface area (Å²) in [5.74, 6) is -0.0931. The van der Waals surface area contributed by atoms with E-state index >= 15 is 0 Å². The second-order valence-electron chi connectivity index (χ2n) is 5.87. The molecule has 24 heavy (non-hydrogen) atoms. The molecule has 1 aliphatic heterocycles. The Morgan fingerprint density at radius 3 is 2.54 bits per heavy atom. The van der Waals surface area contributed by atoms with Gasteiger partial charge in [-0.05, 0) is 36.8 Å². The van der Waals surface area contributed by atoms with Crippen LogP contribution in [0.25, 0.3) is 0 Å². The van der Waals surface area contributed by atoms with E-state index in [0.717, 1.165) is 12.2 Å². The highest BCUT2D eigenvalue weighted by atomic mass is 32.2. The first kappa shape index (κ1) is 19.5. The smallest absolute Gasteiger partial charge is 0.326 e. The van der Waals surface area contributed by atoms with Gasteiger partial charge in [0, 0.05) is 22.3 Å². The molecule has 1 fully saturated rings. The van der Waals surface area contributed by atoms with Gasteiger partial charge in [0.05, 0.1) is 5.37 Å². The number of thioether (sulfide) groups is 2. The van der Waals surface area contributed by atoms with Crippen molar-refractivity contribution in [1.29, 1.82) is 0 Å². The number of amides is 1. The largest absolute Gasteiger partial charge is 0.480 e. The highest BCUT2D eigenvalue weighted by Gasteiger charge is 2.42. The molecule has 1 aromatic carbocycles. The number of aliphatic carboxylic acids is 1. The van der Waals surface area contributed by atoms with Gasteiger partial charge in [0.1, 0.15) is 6.04 Å². The lowest BCUT2D eigenvalue weighted by Crippen LogP contribution is -2.46. The fraction of sp³-hybridized carbons (Fsp3) is 0.529. The molecule has 0 unspecified atom stereocenters. The lowest BCUT2D eigenvalue weighted by atomic mass is 10.1. The number of carboxylic acids is 1. The molecular formula is C17H23NO3S3. The monoisotopic (exact) mass is 385 g/mol. The summed E-state index contributed by atoms with van der Waals surface area (Å²) >= 11 is 7.53. The maximum Gasteiger partial charge on any atom is 0.326 e. The molecule has 3 atom stereocenters. The van der Waals surface area contributed by atoms with E-state index in [1.807, 2.05) is 6.26 Å². The van der Waals surface area contributed by atoms with Crippen molar-refractivity contribution in [2.45, 2.75) is 41.8 Å². The van der Waals surface area contributed by atoms with E-state index in [1.165, 1.54) is 10.5 Å². The average Bonchev–Trinajstić information content (AvgIpc) is 3.03. The van der Waals surface area contributed by atoms with Crippen molar-refractivity contribution in [3.63, 3.8) is 0 Å². The second kappa shape index (κ2) is 9.06. The van der Waals surface area contributed by atoms with Crippen molar-refractivity contribution < 1.29 is 14.7 Å². The Hall–Kier alpha value is -0.790. The third-order valence-corrected chi connectivity index (χ3v) is 6.81. The molecule has 0 radical (unpaired) electrons. The number of nitrogens with zero attached hydrogens (tertiary/aromatic N) is 1. The van der Waals surface area contributed by atoms with E-state index in [9.17, 15) is 14.7 Å². The topological polar surface area (TPSA) is 57.6 Å². The summed E-state index contributed by atoms with van der Waals surface area (Å²) in [6, 6.07) is 7.63. The van der Waals surface area contributed by atoms with E-state index in [2.05, 4.69) is 36.9 Å². The molecule has 1 N–H and O–H groups in total. The first-order valence-electron chi connectivity index (χ1n) is 7.88. The molecule has 1 amide bonds. The van der Waals surface area contributed by atoms with Crippen LogP contribution in [0.2, 0.25) is 0 Å². The fourth-order valence-electron chi connectivity index (χ4n) is 2.73. The molecule has 0 spiro atoms. The van der Waals surface area contributed by atoms with Gasteiger partial charge in [-0.15, -0.1) is 23.5 Å². The van der Waals surface area contributed by atoms with E-state index in [4.69, 9.17) is 0 Å². The normalized spacial score (nSPS) is 21.7. The van der Waals surface area contributed by atoms with Crippen molar-refractivity contribution in [3.05, 3.63) is 29.8 Å². The number of hydrogen-bond acceptors (Lipinski definition) is 5. The minimum atomic E-state index is -0.915. The van der Waals surface area contributed by atoms with Crippen LogP contribution in [0.4, 0.5) is 0 Å². The predicted octanol–water partition coefficient (Wildman–Crippen LogP) is 3.61. The van der Waals surface area contributed by atoms with Gasteiger partial charge >= 0.3 is 5.97 Å². The molecule has 1 heterocycles. The summed E-state index contributed by atoms with van der Waals surface area (Å²) in [6.45, 7) is 1.80. The molecule has 0 bridgehead atoms. The Balaban J connectivity index is 2.06. The maximum atomic E-state index is 12.6. The van der Waals surface area contributed by atoms with Gasteiger partial charge < -0.3 is 10.0 Å². The number of carbonyl (C=O) groups excluding carboxylic acids is 1. The summed E-state index contributed by atoms with van der Waals surface area (Å²) < 4.78 is 0. The van der Waals surface area contributed by atoms with E-state index < -0.39 is 12.0 Å². The molecule has 1 aromatic rings. The Bertz CT molecular complexity index is 579. The van der Waals surface area contributed by atoms with Crippen LogP contribution in [-0.2, 0) is 15.3 Å². The van der Waals surface area contributed by atoms with Crippen LogP contribution < -0.4 is 0 Å². The van der Waals surface area contributed by atoms with E-state index in [0.29, 0.717) is 12.2 Å². The fourth-order valence-corrected chi connectivity index (χ4v) is 4.58. The average molecular weight is 386 g/mol. The van der Waals surface area contributed by atoms with E-state index in [1.54, 1.807) is 35.3 Å². The van der Waals surface area contributed by atoms with Crippen molar-refractivity contribution in [2.75, 3.05) is 12.0 Å². The standard InChI is InChI=1S/C17H23NO3S3/c1-11(9-22)16(19)18-14(17(20)21)7-8-15(18)24-10-12-3-5-13(23-2)6-4-12/h3-6,11,14-15,22H,7-10H2,1-2H3,(H,20,21)/t11-,14+,15+/m1/s1. The maximum absolute atomic E-state index is 12.6. The Morgan fingerprint density at radius 2 is 2.00 bits per heavy atom. The van der Waals surface area contributed by atoms with Crippen LogP contribution in [0.5, 0.6) is 0 Å². The number of hydrogen-bond donors (Lipinski definition) is 2. The molecule has 0 saturated carbocycles. The highest BCUT2D eigenvalue weighted by molar-refractivity contribution is 7.99. The lowest BCUT2D eigenvalue weighted by molar-refractivity contribution is -0.149. The Labute approximate surface area is 157 Å².